The zero-order chi connectivity index (χ0) is 18.8. The Morgan fingerprint density at radius 2 is 1.80 bits per heavy atom. The molecule has 0 radical (unpaired) electrons. The molecular formula is C15H18N4O4SSi. The first-order chi connectivity index (χ1) is 11.6. The van der Waals surface area contributed by atoms with Gasteiger partial charge in [0.25, 0.3) is 5.69 Å². The van der Waals surface area contributed by atoms with E-state index >= 15 is 0 Å². The quantitative estimate of drug-likeness (QED) is 0.354. The molecule has 1 aromatic heterocycles. The monoisotopic (exact) mass is 378 g/mol. The van der Waals surface area contributed by atoms with Gasteiger partial charge in [-0.25, -0.2) is 0 Å². The van der Waals surface area contributed by atoms with Gasteiger partial charge >= 0.3 is 5.69 Å². The molecule has 0 aliphatic heterocycles. The molecule has 1 heterocycles. The van der Waals surface area contributed by atoms with Gasteiger partial charge in [-0.05, 0) is 23.6 Å². The molecule has 2 rings (SSSR count). The number of hydrogen-bond donors (Lipinski definition) is 1. The molecule has 1 aromatic carbocycles. The molecule has 1 N–H and O–H groups in total. The van der Waals surface area contributed by atoms with E-state index in [0.29, 0.717) is 5.71 Å². The summed E-state index contributed by atoms with van der Waals surface area (Å²) < 4.78 is 1.35. The van der Waals surface area contributed by atoms with E-state index < -0.39 is 17.9 Å². The number of nitro groups is 2. The van der Waals surface area contributed by atoms with E-state index in [0.717, 1.165) is 10.9 Å². The highest BCUT2D eigenvalue weighted by molar-refractivity contribution is 7.27. The van der Waals surface area contributed by atoms with Crippen molar-refractivity contribution in [3.63, 3.8) is 0 Å². The van der Waals surface area contributed by atoms with Gasteiger partial charge in [0.05, 0.1) is 29.7 Å². The molecule has 0 unspecified atom stereocenters. The molecule has 0 atom stereocenters. The van der Waals surface area contributed by atoms with Gasteiger partial charge in [-0.2, -0.15) is 5.10 Å². The first kappa shape index (κ1) is 18.7. The van der Waals surface area contributed by atoms with Crippen LogP contribution in [0.1, 0.15) is 11.8 Å². The predicted octanol–water partition coefficient (Wildman–Crippen LogP) is 3.95. The van der Waals surface area contributed by atoms with Gasteiger partial charge in [0, 0.05) is 10.9 Å². The average molecular weight is 378 g/mol. The topological polar surface area (TPSA) is 111 Å². The van der Waals surface area contributed by atoms with Gasteiger partial charge < -0.3 is 0 Å². The molecule has 0 aliphatic carbocycles. The molecule has 8 nitrogen and oxygen atoms in total. The van der Waals surface area contributed by atoms with Crippen LogP contribution in [-0.2, 0) is 0 Å². The molecule has 0 amide bonds. The zero-order valence-electron chi connectivity index (χ0n) is 14.3. The first-order valence-corrected chi connectivity index (χ1v) is 11.7. The Balaban J connectivity index is 2.27. The lowest BCUT2D eigenvalue weighted by Crippen LogP contribution is -2.34. The second-order valence-electron chi connectivity index (χ2n) is 6.44. The minimum atomic E-state index is -1.40. The summed E-state index contributed by atoms with van der Waals surface area (Å²) in [6.45, 7) is 8.58. The smallest absolute Gasteiger partial charge is 0.271 e. The Morgan fingerprint density at radius 1 is 1.12 bits per heavy atom. The minimum absolute atomic E-state index is 0.108. The van der Waals surface area contributed by atoms with Crippen LogP contribution < -0.4 is 9.93 Å². The highest BCUT2D eigenvalue weighted by atomic mass is 32.1. The van der Waals surface area contributed by atoms with Crippen molar-refractivity contribution in [2.24, 2.45) is 5.10 Å². The van der Waals surface area contributed by atoms with Crippen LogP contribution in [0.15, 0.2) is 35.4 Å². The van der Waals surface area contributed by atoms with Crippen LogP contribution in [0.25, 0.3) is 0 Å². The zero-order valence-corrected chi connectivity index (χ0v) is 16.1. The molecule has 132 valence electrons. The third kappa shape index (κ3) is 4.48. The number of hydrazone groups is 1. The van der Waals surface area contributed by atoms with Crippen LogP contribution in [0.3, 0.4) is 0 Å². The summed E-state index contributed by atoms with van der Waals surface area (Å²) in [6.07, 6.45) is 0. The summed E-state index contributed by atoms with van der Waals surface area (Å²) >= 11 is 1.67. The Morgan fingerprint density at radius 3 is 2.32 bits per heavy atom. The number of nitrogens with zero attached hydrogens (tertiary/aromatic N) is 3. The maximum Gasteiger partial charge on any atom is 0.301 e. The molecule has 0 fully saturated rings. The standard InChI is InChI=1S/C15H18N4O4SSi/c1-10(14-7-8-15(24-14)25(2,3)4)16-17-12-6-5-11(18(20)21)9-13(12)19(22)23/h5-9,17H,1-4H3/b16-10+. The summed E-state index contributed by atoms with van der Waals surface area (Å²) in [5.74, 6) is 0. The van der Waals surface area contributed by atoms with Crippen molar-refractivity contribution in [1.29, 1.82) is 0 Å². The van der Waals surface area contributed by atoms with Crippen LogP contribution in [0.4, 0.5) is 17.1 Å². The van der Waals surface area contributed by atoms with E-state index in [4.69, 9.17) is 0 Å². The number of nitro benzene ring substituents is 2. The lowest BCUT2D eigenvalue weighted by molar-refractivity contribution is -0.393. The van der Waals surface area contributed by atoms with E-state index in [1.165, 1.54) is 16.6 Å². The molecule has 0 bridgehead atoms. The summed E-state index contributed by atoms with van der Waals surface area (Å²) in [6, 6.07) is 7.49. The lowest BCUT2D eigenvalue weighted by atomic mass is 10.2. The number of hydrogen-bond acceptors (Lipinski definition) is 7. The summed E-state index contributed by atoms with van der Waals surface area (Å²) in [5.41, 5.74) is 2.73. The Hall–Kier alpha value is -2.59. The Kier molecular flexibility index (Phi) is 5.33. The molecule has 0 saturated carbocycles. The second-order valence-corrected chi connectivity index (χ2v) is 12.9. The van der Waals surface area contributed by atoms with Gasteiger partial charge in [-0.1, -0.05) is 25.7 Å². The third-order valence-electron chi connectivity index (χ3n) is 3.43. The van der Waals surface area contributed by atoms with Gasteiger partial charge in [0.1, 0.15) is 5.69 Å². The molecule has 0 aliphatic rings. The molecule has 0 spiro atoms. The van der Waals surface area contributed by atoms with Crippen LogP contribution in [-0.4, -0.2) is 23.6 Å². The van der Waals surface area contributed by atoms with Crippen molar-refractivity contribution < 1.29 is 9.85 Å². The van der Waals surface area contributed by atoms with E-state index in [1.807, 2.05) is 13.0 Å². The number of thiophene rings is 1. The Labute approximate surface area is 149 Å². The summed E-state index contributed by atoms with van der Waals surface area (Å²) in [4.78, 5) is 21.5. The molecular weight excluding hydrogens is 360 g/mol. The van der Waals surface area contributed by atoms with Gasteiger partial charge in [0.15, 0.2) is 0 Å². The summed E-state index contributed by atoms with van der Waals surface area (Å²) in [7, 11) is -1.40. The van der Waals surface area contributed by atoms with Crippen LogP contribution >= 0.6 is 11.3 Å². The number of nitrogens with one attached hydrogen (secondary N) is 1. The first-order valence-electron chi connectivity index (χ1n) is 7.43. The number of non-ortho nitro benzene ring substituents is 1. The van der Waals surface area contributed by atoms with E-state index in [-0.39, 0.29) is 17.1 Å². The van der Waals surface area contributed by atoms with Crippen molar-refractivity contribution in [1.82, 2.24) is 0 Å². The van der Waals surface area contributed by atoms with Crippen molar-refractivity contribution in [2.75, 3.05) is 5.43 Å². The fraction of sp³-hybridized carbons (Fsp3) is 0.267. The predicted molar refractivity (Wildman–Crippen MR) is 103 cm³/mol. The highest BCUT2D eigenvalue weighted by Gasteiger charge is 2.20. The van der Waals surface area contributed by atoms with E-state index in [1.54, 1.807) is 11.3 Å². The lowest BCUT2D eigenvalue weighted by Gasteiger charge is -2.12. The normalized spacial score (nSPS) is 12.1. The number of benzene rings is 1. The molecule has 0 saturated heterocycles. The maximum atomic E-state index is 11.1. The SMILES string of the molecule is C/C(=N\Nc1ccc([N+](=O)[O-])cc1[N+](=O)[O-])c1ccc([Si](C)(C)C)s1. The average Bonchev–Trinajstić information content (AvgIpc) is 3.02. The van der Waals surface area contributed by atoms with Crippen LogP contribution in [0.5, 0.6) is 0 Å². The molecule has 25 heavy (non-hydrogen) atoms. The molecule has 2 aromatic rings. The van der Waals surface area contributed by atoms with Crippen molar-refractivity contribution in [3.05, 3.63) is 55.4 Å². The summed E-state index contributed by atoms with van der Waals surface area (Å²) in [5, 5.41) is 26.1. The van der Waals surface area contributed by atoms with Crippen molar-refractivity contribution >= 4 is 46.7 Å². The van der Waals surface area contributed by atoms with Gasteiger partial charge in [0.2, 0.25) is 0 Å². The largest absolute Gasteiger partial charge is 0.301 e. The fourth-order valence-corrected chi connectivity index (χ4v) is 4.85. The third-order valence-corrected chi connectivity index (χ3v) is 8.23. The van der Waals surface area contributed by atoms with Crippen molar-refractivity contribution in [2.45, 2.75) is 26.6 Å². The highest BCUT2D eigenvalue weighted by Crippen LogP contribution is 2.29. The Bertz CT molecular complexity index is 857. The van der Waals surface area contributed by atoms with E-state index in [2.05, 4.69) is 36.2 Å². The van der Waals surface area contributed by atoms with Crippen molar-refractivity contribution in [3.8, 4) is 0 Å². The van der Waals surface area contributed by atoms with Gasteiger partial charge in [-0.3, -0.25) is 25.7 Å². The van der Waals surface area contributed by atoms with Gasteiger partial charge in [-0.15, -0.1) is 11.3 Å². The van der Waals surface area contributed by atoms with Crippen LogP contribution in [0, 0.1) is 20.2 Å². The van der Waals surface area contributed by atoms with Crippen LogP contribution in [0.2, 0.25) is 19.6 Å². The number of rotatable bonds is 6. The number of anilines is 1. The fourth-order valence-electron chi connectivity index (χ4n) is 2.01. The second kappa shape index (κ2) is 7.11. The maximum absolute atomic E-state index is 11.1. The van der Waals surface area contributed by atoms with E-state index in [9.17, 15) is 20.2 Å². The molecule has 10 heteroatoms. The minimum Gasteiger partial charge on any atom is -0.271 e.